The molecule has 2 heteroatoms. The molecule has 1 N–H and O–H groups in total. The lowest BCUT2D eigenvalue weighted by molar-refractivity contribution is -0.122. The average molecular weight is 444 g/mol. The number of benzene rings is 2. The summed E-state index contributed by atoms with van der Waals surface area (Å²) in [6.07, 6.45) is 9.69. The number of carbonyl (C=O) groups excluding carboxylic acids is 1. The average Bonchev–Trinajstić information content (AvgIpc) is 2.81. The van der Waals surface area contributed by atoms with E-state index >= 15 is 0 Å². The predicted octanol–water partition coefficient (Wildman–Crippen LogP) is 8.05. The van der Waals surface area contributed by atoms with E-state index in [9.17, 15) is 4.79 Å². The molecule has 0 amide bonds. The maximum atomic E-state index is 12.8. The lowest BCUT2D eigenvalue weighted by atomic mass is 9.81. The number of aryl methyl sites for hydroxylation is 2. The summed E-state index contributed by atoms with van der Waals surface area (Å²) in [5.74, 6) is 0.475. The second-order valence-corrected chi connectivity index (χ2v) is 9.83. The largest absolute Gasteiger partial charge is 0.384 e. The number of nitrogens with one attached hydrogen (secondary N) is 1. The van der Waals surface area contributed by atoms with Crippen molar-refractivity contribution in [1.29, 1.82) is 0 Å². The fourth-order valence-electron chi connectivity index (χ4n) is 4.71. The van der Waals surface area contributed by atoms with Crippen LogP contribution in [0.1, 0.15) is 88.0 Å². The minimum Gasteiger partial charge on any atom is -0.384 e. The zero-order valence-electron chi connectivity index (χ0n) is 21.2. The van der Waals surface area contributed by atoms with Gasteiger partial charge in [0.05, 0.1) is 0 Å². The van der Waals surface area contributed by atoms with Gasteiger partial charge in [-0.2, -0.15) is 0 Å². The minimum atomic E-state index is 0.0669. The number of ketones is 1. The van der Waals surface area contributed by atoms with E-state index < -0.39 is 0 Å². The van der Waals surface area contributed by atoms with Gasteiger partial charge in [0.25, 0.3) is 0 Å². The number of hydrogen-bond donors (Lipinski definition) is 1. The quantitative estimate of drug-likeness (QED) is 0.356. The highest BCUT2D eigenvalue weighted by Gasteiger charge is 2.26. The van der Waals surface area contributed by atoms with Crippen molar-refractivity contribution in [2.45, 2.75) is 85.6 Å². The van der Waals surface area contributed by atoms with Crippen LogP contribution in [0.4, 0.5) is 0 Å². The Morgan fingerprint density at radius 2 is 1.42 bits per heavy atom. The van der Waals surface area contributed by atoms with Crippen LogP contribution in [0.25, 0.3) is 11.1 Å². The van der Waals surface area contributed by atoms with Gasteiger partial charge in [-0.3, -0.25) is 4.79 Å². The highest BCUT2D eigenvalue weighted by Crippen LogP contribution is 2.38. The number of allylic oxidation sites excluding steroid dienone is 2. The molecule has 1 aliphatic heterocycles. The van der Waals surface area contributed by atoms with Gasteiger partial charge in [-0.15, -0.1) is 0 Å². The molecule has 3 rings (SSSR count). The molecule has 176 valence electrons. The maximum Gasteiger partial charge on any atom is 0.135 e. The van der Waals surface area contributed by atoms with Crippen molar-refractivity contribution in [1.82, 2.24) is 5.32 Å². The molecule has 2 aromatic carbocycles. The number of unbranched alkanes of at least 4 members (excludes halogenated alkanes) is 4. The molecule has 0 fully saturated rings. The van der Waals surface area contributed by atoms with Gasteiger partial charge in [-0.25, -0.2) is 0 Å². The Morgan fingerprint density at radius 3 is 2.03 bits per heavy atom. The van der Waals surface area contributed by atoms with E-state index in [1.54, 1.807) is 0 Å². The molecule has 0 aliphatic carbocycles. The van der Waals surface area contributed by atoms with Crippen molar-refractivity contribution < 1.29 is 4.79 Å². The van der Waals surface area contributed by atoms with Gasteiger partial charge in [0.1, 0.15) is 5.78 Å². The third-order valence-electron chi connectivity index (χ3n) is 6.98. The van der Waals surface area contributed by atoms with Gasteiger partial charge in [0, 0.05) is 30.2 Å². The molecular formula is C31H41NO. The van der Waals surface area contributed by atoms with Gasteiger partial charge < -0.3 is 5.32 Å². The molecule has 2 nitrogen and oxygen atoms in total. The molecule has 1 aliphatic rings. The first-order valence-corrected chi connectivity index (χ1v) is 12.7. The Labute approximate surface area is 201 Å². The molecule has 0 radical (unpaired) electrons. The summed E-state index contributed by atoms with van der Waals surface area (Å²) in [6, 6.07) is 17.7. The van der Waals surface area contributed by atoms with Crippen molar-refractivity contribution in [2.75, 3.05) is 0 Å². The summed E-state index contributed by atoms with van der Waals surface area (Å²) < 4.78 is 0. The fourth-order valence-corrected chi connectivity index (χ4v) is 4.71. The molecule has 33 heavy (non-hydrogen) atoms. The van der Waals surface area contributed by atoms with Gasteiger partial charge in [0.2, 0.25) is 0 Å². The monoisotopic (exact) mass is 443 g/mol. The molecule has 0 bridgehead atoms. The zero-order chi connectivity index (χ0) is 23.8. The summed E-state index contributed by atoms with van der Waals surface area (Å²) in [7, 11) is 0. The van der Waals surface area contributed by atoms with Crippen LogP contribution < -0.4 is 5.32 Å². The number of Topliss-reactive ketones (excluding diaryl/α,β-unsaturated/α-hetero) is 1. The van der Waals surface area contributed by atoms with Crippen molar-refractivity contribution in [3.63, 3.8) is 0 Å². The summed E-state index contributed by atoms with van der Waals surface area (Å²) in [6.45, 7) is 10.8. The Morgan fingerprint density at radius 1 is 0.848 bits per heavy atom. The van der Waals surface area contributed by atoms with E-state index in [1.807, 2.05) is 0 Å². The molecule has 1 heterocycles. The van der Waals surface area contributed by atoms with Crippen LogP contribution in [0, 0.1) is 19.8 Å². The third-order valence-corrected chi connectivity index (χ3v) is 6.98. The number of dihydropyridines is 1. The summed E-state index contributed by atoms with van der Waals surface area (Å²) in [5, 5.41) is 3.64. The van der Waals surface area contributed by atoms with Crippen LogP contribution >= 0.6 is 0 Å². The van der Waals surface area contributed by atoms with E-state index in [2.05, 4.69) is 94.7 Å². The predicted molar refractivity (Wildman–Crippen MR) is 142 cm³/mol. The van der Waals surface area contributed by atoms with E-state index in [0.717, 1.165) is 19.3 Å². The highest BCUT2D eigenvalue weighted by atomic mass is 16.1. The Kier molecular flexibility index (Phi) is 9.11. The first-order chi connectivity index (χ1) is 15.9. The van der Waals surface area contributed by atoms with Gasteiger partial charge in [0.15, 0.2) is 0 Å². The third kappa shape index (κ3) is 6.69. The fraction of sp³-hybridized carbons (Fsp3) is 0.452. The normalized spacial score (nSPS) is 16.9. The van der Waals surface area contributed by atoms with E-state index in [-0.39, 0.29) is 12.0 Å². The van der Waals surface area contributed by atoms with Gasteiger partial charge in [-0.05, 0) is 55.9 Å². The number of rotatable bonds is 11. The van der Waals surface area contributed by atoms with Crippen LogP contribution in [-0.2, 0) is 4.79 Å². The smallest absolute Gasteiger partial charge is 0.135 e. The lowest BCUT2D eigenvalue weighted by Gasteiger charge is -2.31. The molecule has 0 saturated heterocycles. The lowest BCUT2D eigenvalue weighted by Crippen LogP contribution is -2.33. The van der Waals surface area contributed by atoms with Crippen LogP contribution in [0.2, 0.25) is 0 Å². The standard InChI is InChI=1S/C31H41NO/c1-6-7-8-9-10-11-30(33)24(4)20-29-25(5)31(27-18-14-23(3)15-19-27)28(21-32-29)26-16-12-22(2)13-17-26/h12-19,21,24,29,32H,6-11,20H2,1-5H3. The van der Waals surface area contributed by atoms with E-state index in [0.29, 0.717) is 5.78 Å². The van der Waals surface area contributed by atoms with Crippen molar-refractivity contribution in [2.24, 2.45) is 5.92 Å². The van der Waals surface area contributed by atoms with E-state index in [4.69, 9.17) is 0 Å². The Hall–Kier alpha value is -2.61. The van der Waals surface area contributed by atoms with Gasteiger partial charge >= 0.3 is 0 Å². The number of carbonyl (C=O) groups is 1. The molecule has 2 unspecified atom stereocenters. The summed E-state index contributed by atoms with van der Waals surface area (Å²) in [4.78, 5) is 12.8. The molecular weight excluding hydrogens is 402 g/mol. The topological polar surface area (TPSA) is 29.1 Å². The van der Waals surface area contributed by atoms with Crippen molar-refractivity contribution in [3.8, 4) is 0 Å². The molecule has 0 saturated carbocycles. The first-order valence-electron chi connectivity index (χ1n) is 12.7. The molecule has 2 atom stereocenters. The van der Waals surface area contributed by atoms with Crippen LogP contribution in [0.15, 0.2) is 60.3 Å². The highest BCUT2D eigenvalue weighted by molar-refractivity contribution is 6.07. The van der Waals surface area contributed by atoms with E-state index in [1.165, 1.54) is 64.7 Å². The van der Waals surface area contributed by atoms with Crippen LogP contribution in [0.5, 0.6) is 0 Å². The van der Waals surface area contributed by atoms with Crippen molar-refractivity contribution >= 4 is 16.9 Å². The SMILES string of the molecule is CCCCCCCC(=O)C(C)CC1NC=C(c2ccc(C)cc2)C(c2ccc(C)cc2)=C1C. The van der Waals surface area contributed by atoms with Crippen LogP contribution in [0.3, 0.4) is 0 Å². The van der Waals surface area contributed by atoms with Gasteiger partial charge in [-0.1, -0.05) is 99.2 Å². The maximum absolute atomic E-state index is 12.8. The first kappa shape index (κ1) is 25.0. The van der Waals surface area contributed by atoms with Crippen molar-refractivity contribution in [3.05, 3.63) is 82.6 Å². The summed E-state index contributed by atoms with van der Waals surface area (Å²) in [5.41, 5.74) is 8.83. The molecule has 2 aromatic rings. The zero-order valence-corrected chi connectivity index (χ0v) is 21.2. The molecule has 0 spiro atoms. The van der Waals surface area contributed by atoms with Crippen LogP contribution in [-0.4, -0.2) is 11.8 Å². The second-order valence-electron chi connectivity index (χ2n) is 9.83. The Bertz CT molecular complexity index is 979. The summed E-state index contributed by atoms with van der Waals surface area (Å²) >= 11 is 0. The number of hydrogen-bond acceptors (Lipinski definition) is 2. The Balaban J connectivity index is 1.79. The second kappa shape index (κ2) is 12.0. The minimum absolute atomic E-state index is 0.0669. The molecule has 0 aromatic heterocycles.